The molecule has 2 aliphatic heterocycles. The quantitative estimate of drug-likeness (QED) is 0.572. The summed E-state index contributed by atoms with van der Waals surface area (Å²) in [5.41, 5.74) is 0.244. The van der Waals surface area contributed by atoms with Crippen LogP contribution in [-0.2, 0) is 10.2 Å². The number of rotatable bonds is 6. The van der Waals surface area contributed by atoms with Gasteiger partial charge in [-0.15, -0.1) is 0 Å². The van der Waals surface area contributed by atoms with Gasteiger partial charge in [-0.05, 0) is 62.1 Å². The van der Waals surface area contributed by atoms with E-state index in [0.717, 1.165) is 25.9 Å². The van der Waals surface area contributed by atoms with Gasteiger partial charge in [-0.1, -0.05) is 34.8 Å². The molecule has 11 heteroatoms. The van der Waals surface area contributed by atoms with Gasteiger partial charge in [-0.2, -0.15) is 12.7 Å². The fourth-order valence-electron chi connectivity index (χ4n) is 4.39. The van der Waals surface area contributed by atoms with Crippen LogP contribution in [0.1, 0.15) is 36.0 Å². The highest BCUT2D eigenvalue weighted by Crippen LogP contribution is 2.29. The number of nitrogens with one attached hydrogen (secondary N) is 1. The number of carbonyl (C=O) groups excluding carboxylic acids is 1. The van der Waals surface area contributed by atoms with Gasteiger partial charge >= 0.3 is 10.2 Å². The minimum absolute atomic E-state index is 0.108. The van der Waals surface area contributed by atoms with Crippen molar-refractivity contribution in [3.05, 3.63) is 63.1 Å². The van der Waals surface area contributed by atoms with Crippen molar-refractivity contribution in [1.29, 1.82) is 0 Å². The first-order chi connectivity index (χ1) is 16.2. The Kier molecular flexibility index (Phi) is 8.28. The van der Waals surface area contributed by atoms with Crippen LogP contribution >= 0.6 is 34.8 Å². The fraction of sp³-hybridized carbons (Fsp3) is 0.435. The molecule has 2 aliphatic rings. The van der Waals surface area contributed by atoms with Gasteiger partial charge in [0, 0.05) is 48.9 Å². The van der Waals surface area contributed by atoms with E-state index in [1.54, 1.807) is 24.3 Å². The van der Waals surface area contributed by atoms with E-state index in [9.17, 15) is 13.2 Å². The Morgan fingerprint density at radius 2 is 1.53 bits per heavy atom. The molecular formula is C23H26Cl3N3O4S. The molecule has 0 atom stereocenters. The Bertz CT molecular complexity index is 1110. The first kappa shape index (κ1) is 25.5. The molecule has 0 bridgehead atoms. The molecular weight excluding hydrogens is 521 g/mol. The predicted molar refractivity (Wildman–Crippen MR) is 134 cm³/mol. The lowest BCUT2D eigenvalue weighted by Crippen LogP contribution is -2.52. The van der Waals surface area contributed by atoms with Crippen LogP contribution < -0.4 is 9.46 Å². The average Bonchev–Trinajstić information content (AvgIpc) is 2.82. The maximum atomic E-state index is 12.7. The molecule has 2 heterocycles. The number of likely N-dealkylation sites (tertiary alicyclic amines) is 1. The van der Waals surface area contributed by atoms with Gasteiger partial charge in [0.2, 0.25) is 0 Å². The number of hydrogen-bond acceptors (Lipinski definition) is 5. The van der Waals surface area contributed by atoms with E-state index in [1.165, 1.54) is 16.4 Å². The molecule has 2 aromatic rings. The molecule has 0 spiro atoms. The van der Waals surface area contributed by atoms with Gasteiger partial charge in [-0.25, -0.2) is 4.72 Å². The predicted octanol–water partition coefficient (Wildman–Crippen LogP) is 4.63. The number of nitrogens with zero attached hydrogens (tertiary/aromatic N) is 2. The van der Waals surface area contributed by atoms with Crippen LogP contribution in [0.2, 0.25) is 15.1 Å². The van der Waals surface area contributed by atoms with E-state index in [0.29, 0.717) is 52.8 Å². The first-order valence-electron chi connectivity index (χ1n) is 11.1. The lowest BCUT2D eigenvalue weighted by Gasteiger charge is -2.41. The van der Waals surface area contributed by atoms with Gasteiger partial charge in [0.15, 0.2) is 0 Å². The molecule has 1 amide bonds. The van der Waals surface area contributed by atoms with E-state index in [2.05, 4.69) is 9.62 Å². The zero-order valence-corrected chi connectivity index (χ0v) is 21.5. The van der Waals surface area contributed by atoms with Crippen molar-refractivity contribution < 1.29 is 17.9 Å². The largest absolute Gasteiger partial charge is 0.490 e. The molecule has 0 saturated carbocycles. The van der Waals surface area contributed by atoms with Crippen molar-refractivity contribution in [3.63, 3.8) is 0 Å². The normalized spacial score (nSPS) is 19.1. The molecule has 1 N–H and O–H groups in total. The number of carbonyl (C=O) groups is 1. The number of amides is 1. The lowest BCUT2D eigenvalue weighted by atomic mass is 10.00. The summed E-state index contributed by atoms with van der Waals surface area (Å²) >= 11 is 17.9. The highest BCUT2D eigenvalue weighted by molar-refractivity contribution is 7.87. The molecule has 4 rings (SSSR count). The average molecular weight is 547 g/mol. The van der Waals surface area contributed by atoms with E-state index in [-0.39, 0.29) is 11.7 Å². The molecule has 7 nitrogen and oxygen atoms in total. The summed E-state index contributed by atoms with van der Waals surface area (Å²) in [6.45, 7) is 2.51. The maximum Gasteiger partial charge on any atom is 0.304 e. The Hall–Kier alpha value is -1.55. The summed E-state index contributed by atoms with van der Waals surface area (Å²) < 4.78 is 35.0. The number of piperidine rings is 2. The van der Waals surface area contributed by atoms with Gasteiger partial charge in [0.1, 0.15) is 11.9 Å². The monoisotopic (exact) mass is 545 g/mol. The molecule has 0 aliphatic carbocycles. The van der Waals surface area contributed by atoms with Crippen molar-refractivity contribution in [2.75, 3.05) is 26.2 Å². The van der Waals surface area contributed by atoms with Crippen LogP contribution in [0.25, 0.3) is 0 Å². The van der Waals surface area contributed by atoms with E-state index >= 15 is 0 Å². The van der Waals surface area contributed by atoms with E-state index in [1.807, 2.05) is 6.07 Å². The Labute approximate surface area is 215 Å². The molecule has 2 aromatic carbocycles. The summed E-state index contributed by atoms with van der Waals surface area (Å²) in [6, 6.07) is 11.7. The van der Waals surface area contributed by atoms with Gasteiger partial charge in [0.05, 0.1) is 10.0 Å². The Balaban J connectivity index is 1.24. The molecule has 0 radical (unpaired) electrons. The van der Waals surface area contributed by atoms with Crippen LogP contribution in [0.4, 0.5) is 0 Å². The van der Waals surface area contributed by atoms with E-state index in [4.69, 9.17) is 39.5 Å². The molecule has 2 saturated heterocycles. The van der Waals surface area contributed by atoms with Crippen molar-refractivity contribution >= 4 is 50.9 Å². The van der Waals surface area contributed by atoms with Crippen molar-refractivity contribution in [3.8, 4) is 5.75 Å². The Morgan fingerprint density at radius 1 is 0.882 bits per heavy atom. The second-order valence-corrected chi connectivity index (χ2v) is 11.4. The summed E-state index contributed by atoms with van der Waals surface area (Å²) in [5, 5.41) is 1.45. The topological polar surface area (TPSA) is 79.0 Å². The molecule has 184 valence electrons. The molecule has 34 heavy (non-hydrogen) atoms. The van der Waals surface area contributed by atoms with Crippen LogP contribution in [0.5, 0.6) is 5.75 Å². The summed E-state index contributed by atoms with van der Waals surface area (Å²) in [6.07, 6.45) is 3.31. The first-order valence-corrected chi connectivity index (χ1v) is 13.7. The standard InChI is InChI=1S/C23H26Cl3N3O4S/c24-17-3-1-16(2-4-17)23(30)27-34(31,32)29-13-7-18(8-14-29)28-11-9-19(10-12-28)33-20-5-6-21(25)22(26)15-20/h1-6,15,18-19H,7-14H2,(H,27,30). The fourth-order valence-corrected chi connectivity index (χ4v) is 5.98. The smallest absolute Gasteiger partial charge is 0.304 e. The molecule has 0 aromatic heterocycles. The second kappa shape index (κ2) is 11.0. The van der Waals surface area contributed by atoms with Gasteiger partial charge in [-0.3, -0.25) is 4.79 Å². The van der Waals surface area contributed by atoms with E-state index < -0.39 is 16.1 Å². The minimum atomic E-state index is -3.90. The third-order valence-electron chi connectivity index (χ3n) is 6.28. The lowest BCUT2D eigenvalue weighted by molar-refractivity contribution is 0.0584. The SMILES string of the molecule is O=C(NS(=O)(=O)N1CCC(N2CCC(Oc3ccc(Cl)c(Cl)c3)CC2)CC1)c1ccc(Cl)cc1. The maximum absolute atomic E-state index is 12.7. The third-order valence-corrected chi connectivity index (χ3v) is 8.76. The number of ether oxygens (including phenoxy) is 1. The van der Waals surface area contributed by atoms with Crippen LogP contribution in [0.3, 0.4) is 0 Å². The highest BCUT2D eigenvalue weighted by Gasteiger charge is 2.33. The van der Waals surface area contributed by atoms with Gasteiger partial charge < -0.3 is 9.64 Å². The van der Waals surface area contributed by atoms with Crippen molar-refractivity contribution in [1.82, 2.24) is 13.9 Å². The van der Waals surface area contributed by atoms with Crippen molar-refractivity contribution in [2.45, 2.75) is 37.8 Å². The van der Waals surface area contributed by atoms with Gasteiger partial charge in [0.25, 0.3) is 5.91 Å². The molecule has 2 fully saturated rings. The Morgan fingerprint density at radius 3 is 2.15 bits per heavy atom. The zero-order chi connectivity index (χ0) is 24.3. The number of benzene rings is 2. The summed E-state index contributed by atoms with van der Waals surface area (Å²) in [5.74, 6) is 0.0508. The van der Waals surface area contributed by atoms with Crippen molar-refractivity contribution in [2.24, 2.45) is 0 Å². The third kappa shape index (κ3) is 6.36. The number of hydrogen-bond donors (Lipinski definition) is 1. The summed E-state index contributed by atoms with van der Waals surface area (Å²) in [4.78, 5) is 14.7. The van der Waals surface area contributed by atoms with Crippen LogP contribution in [0, 0.1) is 0 Å². The zero-order valence-electron chi connectivity index (χ0n) is 18.4. The summed E-state index contributed by atoms with van der Waals surface area (Å²) in [7, 11) is -3.90. The van der Waals surface area contributed by atoms with Crippen LogP contribution in [0.15, 0.2) is 42.5 Å². The highest BCUT2D eigenvalue weighted by atomic mass is 35.5. The second-order valence-electron chi connectivity index (χ2n) is 8.50. The number of halogens is 3. The van der Waals surface area contributed by atoms with Crippen LogP contribution in [-0.4, -0.2) is 61.9 Å². The minimum Gasteiger partial charge on any atom is -0.490 e. The molecule has 0 unspecified atom stereocenters.